The number of ether oxygens (including phenoxy) is 9. The van der Waals surface area contributed by atoms with E-state index in [1.807, 2.05) is 91.0 Å². The molecule has 0 saturated carbocycles. The number of benzene rings is 6. The summed E-state index contributed by atoms with van der Waals surface area (Å²) in [6.45, 7) is -0.0332. The Balaban J connectivity index is 1.13. The van der Waals surface area contributed by atoms with Gasteiger partial charge in [-0.15, -0.1) is 0 Å². The van der Waals surface area contributed by atoms with E-state index in [4.69, 9.17) is 42.6 Å². The fourth-order valence-electron chi connectivity index (χ4n) is 7.88. The highest BCUT2D eigenvalue weighted by Gasteiger charge is 2.52. The molecule has 0 aliphatic carbocycles. The zero-order valence-electron chi connectivity index (χ0n) is 36.6. The molecule has 2 saturated heterocycles. The average Bonchev–Trinajstić information content (AvgIpc) is 3.38. The van der Waals surface area contributed by atoms with Gasteiger partial charge in [-0.3, -0.25) is 0 Å². The second-order valence-corrected chi connectivity index (χ2v) is 16.0. The third kappa shape index (κ3) is 13.1. The largest absolute Gasteiger partial charge is 0.459 e. The lowest BCUT2D eigenvalue weighted by Crippen LogP contribution is -2.63. The molecule has 67 heavy (non-hydrogen) atoms. The van der Waals surface area contributed by atoms with Gasteiger partial charge in [-0.1, -0.05) is 146 Å². The normalized spacial score (nSPS) is 23.7. The zero-order valence-corrected chi connectivity index (χ0v) is 36.6. The van der Waals surface area contributed by atoms with Crippen LogP contribution in [-0.4, -0.2) is 91.5 Å². The van der Waals surface area contributed by atoms with Crippen LogP contribution in [0.5, 0.6) is 0 Å². The summed E-state index contributed by atoms with van der Waals surface area (Å²) in [7, 11) is 0. The van der Waals surface area contributed by atoms with Crippen LogP contribution in [-0.2, 0) is 62.5 Å². The summed E-state index contributed by atoms with van der Waals surface area (Å²) in [5.41, 5.74) is 3.40. The summed E-state index contributed by atoms with van der Waals surface area (Å²) >= 11 is 0. The van der Waals surface area contributed by atoms with Gasteiger partial charge in [-0.25, -0.2) is 14.4 Å². The molecular weight excluding hydrogens is 857 g/mol. The van der Waals surface area contributed by atoms with E-state index >= 15 is 0 Å². The third-order valence-corrected chi connectivity index (χ3v) is 11.3. The van der Waals surface area contributed by atoms with Gasteiger partial charge >= 0.3 is 17.9 Å². The summed E-state index contributed by atoms with van der Waals surface area (Å²) in [5.74, 6) is -2.06. The molecule has 0 spiro atoms. The van der Waals surface area contributed by atoms with Gasteiger partial charge in [0, 0.05) is 6.42 Å². The molecule has 6 aromatic rings. The Morgan fingerprint density at radius 1 is 0.463 bits per heavy atom. The van der Waals surface area contributed by atoms with Gasteiger partial charge in [0.05, 0.1) is 43.1 Å². The predicted octanol–water partition coefficient (Wildman–Crippen LogP) is 7.90. The van der Waals surface area contributed by atoms with Gasteiger partial charge in [-0.05, 0) is 53.1 Å². The molecule has 13 nitrogen and oxygen atoms in total. The second-order valence-electron chi connectivity index (χ2n) is 16.0. The predicted molar refractivity (Wildman–Crippen MR) is 243 cm³/mol. The van der Waals surface area contributed by atoms with Gasteiger partial charge in [0.25, 0.3) is 0 Å². The van der Waals surface area contributed by atoms with Gasteiger partial charge in [0.1, 0.15) is 43.2 Å². The van der Waals surface area contributed by atoms with Crippen LogP contribution in [0.25, 0.3) is 0 Å². The van der Waals surface area contributed by atoms with Gasteiger partial charge in [-0.2, -0.15) is 0 Å². The SMILES string of the molecule is O=C(OC[C@H]1O[C@@H](O[C@H]2[C@H](OCc3ccccc3)[C@@H](OCc3ccccc3)[C@H](O)O[C@@H]2COCc2ccccc2)C[C@@H](OC(=O)c2ccccc2)[C@H]1OC(=O)c1ccccc1)c1ccccc1. The summed E-state index contributed by atoms with van der Waals surface area (Å²) in [4.78, 5) is 41.1. The highest BCUT2D eigenvalue weighted by atomic mass is 16.7. The molecule has 6 aromatic carbocycles. The molecule has 8 rings (SSSR count). The monoisotopic (exact) mass is 908 g/mol. The standard InChI is InChI=1S/C54H52O13/c55-51(40-25-13-4-14-26-40)62-36-45-47(67-53(57)42-29-17-6-18-30-42)43(64-52(56)41-27-15-5-16-28-41)31-46(63-45)66-48-44(35-59-32-37-19-7-1-8-20-37)65-54(58)50(61-34-39-23-11-3-12-24-39)49(48)60-33-38-21-9-2-10-22-38/h1-30,43-50,54,58H,31-36H2/t43-,44-,45-,46+,47-,48-,49+,50-,54-/m1/s1. The molecule has 9 atom stereocenters. The maximum absolute atomic E-state index is 13.9. The number of rotatable bonds is 19. The van der Waals surface area contributed by atoms with Crippen LogP contribution in [0.15, 0.2) is 182 Å². The summed E-state index contributed by atoms with van der Waals surface area (Å²) in [5, 5.41) is 11.7. The highest BCUT2D eigenvalue weighted by Crippen LogP contribution is 2.35. The zero-order chi connectivity index (χ0) is 46.2. The number of carbonyl (C=O) groups excluding carboxylic acids is 3. The van der Waals surface area contributed by atoms with Gasteiger partial charge in [0.15, 0.2) is 18.7 Å². The molecule has 0 radical (unpaired) electrons. The van der Waals surface area contributed by atoms with Crippen molar-refractivity contribution in [2.45, 2.75) is 81.5 Å². The Morgan fingerprint density at radius 3 is 1.42 bits per heavy atom. The quantitative estimate of drug-likeness (QED) is 0.0619. The van der Waals surface area contributed by atoms with E-state index in [2.05, 4.69) is 0 Å². The molecule has 2 fully saturated rings. The molecule has 346 valence electrons. The molecule has 0 aromatic heterocycles. The Hall–Kier alpha value is -6.55. The van der Waals surface area contributed by atoms with Crippen molar-refractivity contribution in [2.75, 3.05) is 13.2 Å². The first-order valence-corrected chi connectivity index (χ1v) is 22.2. The number of esters is 3. The number of hydrogen-bond donors (Lipinski definition) is 1. The van der Waals surface area contributed by atoms with Crippen LogP contribution in [0, 0.1) is 0 Å². The minimum Gasteiger partial charge on any atom is -0.459 e. The fraction of sp³-hybridized carbons (Fsp3) is 0.278. The average molecular weight is 909 g/mol. The lowest BCUT2D eigenvalue weighted by Gasteiger charge is -2.47. The van der Waals surface area contributed by atoms with E-state index in [0.29, 0.717) is 0 Å². The van der Waals surface area contributed by atoms with Crippen LogP contribution in [0.4, 0.5) is 0 Å². The first-order chi connectivity index (χ1) is 32.9. The molecule has 0 bridgehead atoms. The summed E-state index contributed by atoms with van der Waals surface area (Å²) < 4.78 is 57.4. The first-order valence-electron chi connectivity index (χ1n) is 22.2. The van der Waals surface area contributed by atoms with Crippen molar-refractivity contribution >= 4 is 17.9 Å². The molecule has 13 heteroatoms. The summed E-state index contributed by atoms with van der Waals surface area (Å²) in [6.07, 6.45) is -10.7. The number of aliphatic hydroxyl groups is 1. The maximum atomic E-state index is 13.9. The first kappa shape index (κ1) is 47.0. The molecule has 2 aliphatic heterocycles. The molecular formula is C54H52O13. The topological polar surface area (TPSA) is 155 Å². The van der Waals surface area contributed by atoms with E-state index in [9.17, 15) is 19.5 Å². The van der Waals surface area contributed by atoms with Crippen molar-refractivity contribution in [3.8, 4) is 0 Å². The summed E-state index contributed by atoms with van der Waals surface area (Å²) in [6, 6.07) is 53.7. The molecule has 0 amide bonds. The Labute approximate surface area is 389 Å². The van der Waals surface area contributed by atoms with Crippen molar-refractivity contribution in [1.29, 1.82) is 0 Å². The highest BCUT2D eigenvalue weighted by molar-refractivity contribution is 5.91. The van der Waals surface area contributed by atoms with Crippen molar-refractivity contribution in [3.63, 3.8) is 0 Å². The van der Waals surface area contributed by atoms with Gasteiger partial charge in [0.2, 0.25) is 0 Å². The molecule has 2 aliphatic rings. The number of carbonyl (C=O) groups is 3. The number of aliphatic hydroxyl groups excluding tert-OH is 1. The van der Waals surface area contributed by atoms with E-state index in [1.54, 1.807) is 91.0 Å². The Bertz CT molecular complexity index is 2430. The van der Waals surface area contributed by atoms with E-state index < -0.39 is 79.8 Å². The molecule has 0 unspecified atom stereocenters. The van der Waals surface area contributed by atoms with Crippen LogP contribution in [0.3, 0.4) is 0 Å². The van der Waals surface area contributed by atoms with E-state index in [0.717, 1.165) is 16.7 Å². The second kappa shape index (κ2) is 23.8. The molecule has 2 heterocycles. The van der Waals surface area contributed by atoms with E-state index in [1.165, 1.54) is 0 Å². The third-order valence-electron chi connectivity index (χ3n) is 11.3. The van der Waals surface area contributed by atoms with Crippen LogP contribution < -0.4 is 0 Å². The minimum absolute atomic E-state index is 0.0538. The van der Waals surface area contributed by atoms with Crippen LogP contribution >= 0.6 is 0 Å². The Kier molecular flexibility index (Phi) is 16.7. The van der Waals surface area contributed by atoms with Crippen molar-refractivity contribution in [3.05, 3.63) is 215 Å². The lowest BCUT2D eigenvalue weighted by molar-refractivity contribution is -0.348. The van der Waals surface area contributed by atoms with Crippen LogP contribution in [0.2, 0.25) is 0 Å². The minimum atomic E-state index is -1.48. The van der Waals surface area contributed by atoms with E-state index in [-0.39, 0.29) is 49.5 Å². The van der Waals surface area contributed by atoms with Gasteiger partial charge < -0.3 is 47.7 Å². The van der Waals surface area contributed by atoms with Crippen molar-refractivity contribution < 1.29 is 62.1 Å². The van der Waals surface area contributed by atoms with Crippen molar-refractivity contribution in [1.82, 2.24) is 0 Å². The van der Waals surface area contributed by atoms with Crippen molar-refractivity contribution in [2.24, 2.45) is 0 Å². The fourth-order valence-corrected chi connectivity index (χ4v) is 7.88. The Morgan fingerprint density at radius 2 is 0.896 bits per heavy atom. The molecule has 1 N–H and O–H groups in total. The van der Waals surface area contributed by atoms with Crippen LogP contribution in [0.1, 0.15) is 54.2 Å². The maximum Gasteiger partial charge on any atom is 0.338 e. The number of hydrogen-bond acceptors (Lipinski definition) is 13. The lowest BCUT2D eigenvalue weighted by atomic mass is 9.97. The smallest absolute Gasteiger partial charge is 0.338 e.